The van der Waals surface area contributed by atoms with Gasteiger partial charge in [-0.2, -0.15) is 0 Å². The second kappa shape index (κ2) is 6.46. The molecule has 1 atom stereocenters. The van der Waals surface area contributed by atoms with E-state index in [0.717, 1.165) is 36.1 Å². The van der Waals surface area contributed by atoms with Crippen LogP contribution in [0.2, 0.25) is 0 Å². The summed E-state index contributed by atoms with van der Waals surface area (Å²) in [7, 11) is 0. The maximum Gasteiger partial charge on any atom is 0.336 e. The predicted molar refractivity (Wildman–Crippen MR) is 90.4 cm³/mol. The van der Waals surface area contributed by atoms with Crippen molar-refractivity contribution in [3.8, 4) is 0 Å². The lowest BCUT2D eigenvalue weighted by Gasteiger charge is -2.14. The first-order valence-corrected chi connectivity index (χ1v) is 7.73. The number of ether oxygens (including phenoxy) is 1. The predicted octanol–water partition coefficient (Wildman–Crippen LogP) is 2.57. The Kier molecular flexibility index (Phi) is 4.40. The van der Waals surface area contributed by atoms with Crippen molar-refractivity contribution in [2.24, 2.45) is 0 Å². The summed E-state index contributed by atoms with van der Waals surface area (Å²) in [6.45, 7) is 3.42. The number of hydrogen-bond donors (Lipinski definition) is 2. The van der Waals surface area contributed by atoms with Crippen LogP contribution in [-0.4, -0.2) is 24.4 Å². The Labute approximate surface area is 133 Å². The van der Waals surface area contributed by atoms with Gasteiger partial charge in [0.05, 0.1) is 6.10 Å². The largest absolute Gasteiger partial charge is 0.423 e. The van der Waals surface area contributed by atoms with Crippen molar-refractivity contribution in [3.63, 3.8) is 0 Å². The molecule has 0 saturated carbocycles. The summed E-state index contributed by atoms with van der Waals surface area (Å²) in [5.41, 5.74) is 1.89. The first kappa shape index (κ1) is 15.0. The number of aryl methyl sites for hydroxylation is 1. The molecule has 0 radical (unpaired) electrons. The van der Waals surface area contributed by atoms with E-state index in [2.05, 4.69) is 10.6 Å². The van der Waals surface area contributed by atoms with Gasteiger partial charge in [-0.15, -0.1) is 0 Å². The number of nitrogens with one attached hydrogen (secondary N) is 2. The van der Waals surface area contributed by atoms with Crippen LogP contribution in [0.1, 0.15) is 18.4 Å². The van der Waals surface area contributed by atoms with Crippen LogP contribution in [0.4, 0.5) is 5.69 Å². The average Bonchev–Trinajstić information content (AvgIpc) is 2.98. The third-order valence-electron chi connectivity index (χ3n) is 3.72. The molecular formula is C16H18N2O3S. The highest BCUT2D eigenvalue weighted by molar-refractivity contribution is 7.80. The number of hydrogen-bond acceptors (Lipinski definition) is 4. The SMILES string of the molecule is Cc1cc(=O)oc2cc(NC(=S)NCC3CCCO3)ccc12. The normalized spacial score (nSPS) is 17.6. The van der Waals surface area contributed by atoms with Gasteiger partial charge in [0.15, 0.2) is 5.11 Å². The lowest BCUT2D eigenvalue weighted by molar-refractivity contribution is 0.114. The van der Waals surface area contributed by atoms with Gasteiger partial charge in [0.2, 0.25) is 0 Å². The van der Waals surface area contributed by atoms with E-state index in [9.17, 15) is 4.79 Å². The van der Waals surface area contributed by atoms with Gasteiger partial charge in [-0.1, -0.05) is 0 Å². The van der Waals surface area contributed by atoms with Crippen molar-refractivity contribution < 1.29 is 9.15 Å². The number of thiocarbonyl (C=S) groups is 1. The zero-order valence-electron chi connectivity index (χ0n) is 12.3. The Morgan fingerprint density at radius 3 is 3.05 bits per heavy atom. The Balaban J connectivity index is 1.68. The van der Waals surface area contributed by atoms with E-state index >= 15 is 0 Å². The summed E-state index contributed by atoms with van der Waals surface area (Å²) in [5.74, 6) is 0. The van der Waals surface area contributed by atoms with Crippen LogP contribution in [0, 0.1) is 6.92 Å². The molecule has 2 N–H and O–H groups in total. The highest BCUT2D eigenvalue weighted by Crippen LogP contribution is 2.20. The van der Waals surface area contributed by atoms with Crippen LogP contribution in [0.25, 0.3) is 11.0 Å². The second-order valence-corrected chi connectivity index (χ2v) is 5.84. The van der Waals surface area contributed by atoms with Crippen LogP contribution >= 0.6 is 12.2 Å². The molecule has 116 valence electrons. The molecule has 3 rings (SSSR count). The minimum atomic E-state index is -0.346. The minimum Gasteiger partial charge on any atom is -0.423 e. The quantitative estimate of drug-likeness (QED) is 0.670. The zero-order chi connectivity index (χ0) is 15.5. The van der Waals surface area contributed by atoms with Crippen molar-refractivity contribution in [3.05, 3.63) is 40.2 Å². The third kappa shape index (κ3) is 3.45. The molecule has 22 heavy (non-hydrogen) atoms. The minimum absolute atomic E-state index is 0.233. The number of anilines is 1. The molecule has 6 heteroatoms. The van der Waals surface area contributed by atoms with Gasteiger partial charge >= 0.3 is 5.63 Å². The molecule has 1 saturated heterocycles. The summed E-state index contributed by atoms with van der Waals surface area (Å²) >= 11 is 5.27. The lowest BCUT2D eigenvalue weighted by Crippen LogP contribution is -2.34. The van der Waals surface area contributed by atoms with E-state index in [1.807, 2.05) is 19.1 Å². The Morgan fingerprint density at radius 2 is 2.27 bits per heavy atom. The van der Waals surface area contributed by atoms with Crippen molar-refractivity contribution in [1.82, 2.24) is 5.32 Å². The smallest absolute Gasteiger partial charge is 0.336 e. The first-order chi connectivity index (χ1) is 10.6. The molecule has 2 heterocycles. The summed E-state index contributed by atoms with van der Waals surface area (Å²) in [6.07, 6.45) is 2.41. The average molecular weight is 318 g/mol. The fourth-order valence-corrected chi connectivity index (χ4v) is 2.79. The van der Waals surface area contributed by atoms with Crippen LogP contribution in [0.15, 0.2) is 33.5 Å². The Bertz CT molecular complexity index is 751. The van der Waals surface area contributed by atoms with Gasteiger partial charge in [0, 0.05) is 36.4 Å². The number of fused-ring (bicyclic) bond motifs is 1. The van der Waals surface area contributed by atoms with Gasteiger partial charge in [0.25, 0.3) is 0 Å². The van der Waals surface area contributed by atoms with Gasteiger partial charge < -0.3 is 19.8 Å². The Hall–Kier alpha value is -1.92. The summed E-state index contributed by atoms with van der Waals surface area (Å²) in [4.78, 5) is 11.4. The van der Waals surface area contributed by atoms with E-state index in [4.69, 9.17) is 21.4 Å². The van der Waals surface area contributed by atoms with Crippen LogP contribution in [0.5, 0.6) is 0 Å². The summed E-state index contributed by atoms with van der Waals surface area (Å²) < 4.78 is 10.8. The maximum absolute atomic E-state index is 11.4. The van der Waals surface area contributed by atoms with Crippen molar-refractivity contribution >= 4 is 34.0 Å². The van der Waals surface area contributed by atoms with E-state index in [0.29, 0.717) is 17.2 Å². The van der Waals surface area contributed by atoms with Gasteiger partial charge in [0.1, 0.15) is 5.58 Å². The standard InChI is InChI=1S/C16H18N2O3S/c1-10-7-15(19)21-14-8-11(4-5-13(10)14)18-16(22)17-9-12-3-2-6-20-12/h4-5,7-8,12H,2-3,6,9H2,1H3,(H2,17,18,22). The third-order valence-corrected chi connectivity index (χ3v) is 3.97. The molecular weight excluding hydrogens is 300 g/mol. The second-order valence-electron chi connectivity index (χ2n) is 5.43. The summed E-state index contributed by atoms with van der Waals surface area (Å²) in [6, 6.07) is 7.10. The monoisotopic (exact) mass is 318 g/mol. The number of rotatable bonds is 3. The zero-order valence-corrected chi connectivity index (χ0v) is 13.2. The molecule has 2 aromatic rings. The number of benzene rings is 1. The lowest BCUT2D eigenvalue weighted by atomic mass is 10.1. The van der Waals surface area contributed by atoms with E-state index in [1.54, 1.807) is 6.07 Å². The van der Waals surface area contributed by atoms with Crippen molar-refractivity contribution in [2.75, 3.05) is 18.5 Å². The van der Waals surface area contributed by atoms with E-state index < -0.39 is 0 Å². The molecule has 1 aromatic carbocycles. The maximum atomic E-state index is 11.4. The van der Waals surface area contributed by atoms with Gasteiger partial charge in [-0.3, -0.25) is 0 Å². The summed E-state index contributed by atoms with van der Waals surface area (Å²) in [5, 5.41) is 7.70. The molecule has 0 amide bonds. The van der Waals surface area contributed by atoms with Crippen LogP contribution < -0.4 is 16.3 Å². The van der Waals surface area contributed by atoms with Crippen LogP contribution in [0.3, 0.4) is 0 Å². The molecule has 1 aliphatic heterocycles. The molecule has 1 aromatic heterocycles. The van der Waals surface area contributed by atoms with E-state index in [-0.39, 0.29) is 11.7 Å². The topological polar surface area (TPSA) is 63.5 Å². The highest BCUT2D eigenvalue weighted by Gasteiger charge is 2.15. The fraction of sp³-hybridized carbons (Fsp3) is 0.375. The molecule has 1 aliphatic rings. The van der Waals surface area contributed by atoms with Gasteiger partial charge in [-0.05, 0) is 49.7 Å². The van der Waals surface area contributed by atoms with Crippen molar-refractivity contribution in [1.29, 1.82) is 0 Å². The van der Waals surface area contributed by atoms with Crippen molar-refractivity contribution in [2.45, 2.75) is 25.9 Å². The first-order valence-electron chi connectivity index (χ1n) is 7.33. The Morgan fingerprint density at radius 1 is 1.41 bits per heavy atom. The molecule has 0 bridgehead atoms. The highest BCUT2D eigenvalue weighted by atomic mass is 32.1. The molecule has 1 unspecified atom stereocenters. The molecule has 0 aliphatic carbocycles. The van der Waals surface area contributed by atoms with E-state index in [1.165, 1.54) is 6.07 Å². The molecule has 5 nitrogen and oxygen atoms in total. The van der Waals surface area contributed by atoms with Crippen LogP contribution in [-0.2, 0) is 4.74 Å². The molecule has 1 fully saturated rings. The fourth-order valence-electron chi connectivity index (χ4n) is 2.59. The molecule has 0 spiro atoms. The van der Waals surface area contributed by atoms with Gasteiger partial charge in [-0.25, -0.2) is 4.79 Å².